The van der Waals surface area contributed by atoms with Crippen LogP contribution in [0.1, 0.15) is 28.3 Å². The Hall–Kier alpha value is -2.43. The van der Waals surface area contributed by atoms with Crippen LogP contribution >= 0.6 is 23.8 Å². The van der Waals surface area contributed by atoms with Crippen molar-refractivity contribution in [1.29, 1.82) is 0 Å². The molecule has 0 aliphatic rings. The zero-order valence-corrected chi connectivity index (χ0v) is 16.7. The van der Waals surface area contributed by atoms with Gasteiger partial charge in [0.05, 0.1) is 11.1 Å². The monoisotopic (exact) mass is 398 g/mol. The van der Waals surface area contributed by atoms with Crippen molar-refractivity contribution in [3.05, 3.63) is 99.8 Å². The van der Waals surface area contributed by atoms with Crippen LogP contribution in [0.25, 0.3) is 0 Å². The van der Waals surface area contributed by atoms with E-state index in [0.29, 0.717) is 10.8 Å². The molecule has 1 unspecified atom stereocenters. The van der Waals surface area contributed by atoms with E-state index in [4.69, 9.17) is 23.8 Å². The van der Waals surface area contributed by atoms with E-state index in [2.05, 4.69) is 54.8 Å². The van der Waals surface area contributed by atoms with Crippen LogP contribution in [-0.2, 0) is 0 Å². The number of rotatable bonds is 4. The van der Waals surface area contributed by atoms with Gasteiger partial charge in [0.2, 0.25) is 0 Å². The summed E-state index contributed by atoms with van der Waals surface area (Å²) in [6, 6.07) is 20.8. The van der Waals surface area contributed by atoms with Gasteiger partial charge in [-0.15, -0.1) is 0 Å². The lowest BCUT2D eigenvalue weighted by atomic mass is 9.94. The second-order valence-corrected chi connectivity index (χ2v) is 7.25. The first-order valence-corrected chi connectivity index (χ1v) is 9.37. The van der Waals surface area contributed by atoms with Gasteiger partial charge in [-0.2, -0.15) is 0 Å². The number of hydrogen-bond acceptors (Lipinski definition) is 1. The van der Waals surface area contributed by atoms with Crippen LogP contribution in [-0.4, -0.2) is 5.11 Å². The highest BCUT2D eigenvalue weighted by Crippen LogP contribution is 2.26. The van der Waals surface area contributed by atoms with E-state index < -0.39 is 5.82 Å². The minimum Gasteiger partial charge on any atom is -0.352 e. The van der Waals surface area contributed by atoms with Crippen LogP contribution in [0.15, 0.2) is 66.7 Å². The maximum Gasteiger partial charge on any atom is 0.171 e. The average Bonchev–Trinajstić information content (AvgIpc) is 2.64. The highest BCUT2D eigenvalue weighted by atomic mass is 35.5. The van der Waals surface area contributed by atoms with Crippen molar-refractivity contribution in [2.75, 3.05) is 5.32 Å². The maximum absolute atomic E-state index is 13.4. The Bertz CT molecular complexity index is 960. The summed E-state index contributed by atoms with van der Waals surface area (Å²) < 4.78 is 13.4. The first kappa shape index (κ1) is 19.3. The fourth-order valence-corrected chi connectivity index (χ4v) is 3.42. The molecule has 0 aliphatic heterocycles. The second-order valence-electron chi connectivity index (χ2n) is 6.43. The van der Waals surface area contributed by atoms with Crippen LogP contribution < -0.4 is 10.6 Å². The number of halogens is 2. The molecule has 0 bridgehead atoms. The summed E-state index contributed by atoms with van der Waals surface area (Å²) in [7, 11) is 0. The van der Waals surface area contributed by atoms with Gasteiger partial charge in [-0.25, -0.2) is 4.39 Å². The fourth-order valence-electron chi connectivity index (χ4n) is 3.01. The standard InChI is InChI=1S/C22H20ClFN2S/c1-14-8-10-18(15(2)12-14)21(16-6-4-3-5-7-16)26-22(27)25-17-9-11-20(24)19(23)13-17/h3-13,21H,1-2H3,(H2,25,26,27). The van der Waals surface area contributed by atoms with Gasteiger partial charge < -0.3 is 10.6 Å². The van der Waals surface area contributed by atoms with E-state index in [1.165, 1.54) is 23.3 Å². The van der Waals surface area contributed by atoms with Crippen LogP contribution in [0.5, 0.6) is 0 Å². The van der Waals surface area contributed by atoms with Gasteiger partial charge >= 0.3 is 0 Å². The van der Waals surface area contributed by atoms with Crippen molar-refractivity contribution in [2.45, 2.75) is 19.9 Å². The molecule has 138 valence electrons. The van der Waals surface area contributed by atoms with Crippen molar-refractivity contribution < 1.29 is 4.39 Å². The number of hydrogen-bond donors (Lipinski definition) is 2. The molecule has 3 aromatic carbocycles. The van der Waals surface area contributed by atoms with E-state index in [9.17, 15) is 4.39 Å². The number of anilines is 1. The normalized spacial score (nSPS) is 11.7. The molecule has 0 radical (unpaired) electrons. The molecule has 0 spiro atoms. The highest BCUT2D eigenvalue weighted by molar-refractivity contribution is 7.80. The first-order chi connectivity index (χ1) is 12.9. The summed E-state index contributed by atoms with van der Waals surface area (Å²) in [5.41, 5.74) is 5.28. The minimum absolute atomic E-state index is 0.0526. The number of aryl methyl sites for hydroxylation is 2. The Morgan fingerprint density at radius 1 is 1.00 bits per heavy atom. The molecule has 0 heterocycles. The zero-order chi connectivity index (χ0) is 19.4. The number of benzene rings is 3. The van der Waals surface area contributed by atoms with Gasteiger partial charge in [0, 0.05) is 5.69 Å². The van der Waals surface area contributed by atoms with Gasteiger partial charge in [-0.05, 0) is 61.0 Å². The van der Waals surface area contributed by atoms with E-state index in [1.807, 2.05) is 18.2 Å². The Kier molecular flexibility index (Phi) is 6.09. The summed E-state index contributed by atoms with van der Waals surface area (Å²) in [5.74, 6) is -0.460. The van der Waals surface area contributed by atoms with Crippen molar-refractivity contribution in [3.63, 3.8) is 0 Å². The third-order valence-corrected chi connectivity index (χ3v) is 4.83. The first-order valence-electron chi connectivity index (χ1n) is 8.58. The molecule has 0 saturated carbocycles. The molecule has 2 N–H and O–H groups in total. The van der Waals surface area contributed by atoms with Gasteiger partial charge in [0.15, 0.2) is 5.11 Å². The third-order valence-electron chi connectivity index (χ3n) is 4.32. The summed E-state index contributed by atoms with van der Waals surface area (Å²) in [5, 5.41) is 6.95. The predicted molar refractivity (Wildman–Crippen MR) is 115 cm³/mol. The van der Waals surface area contributed by atoms with Crippen molar-refractivity contribution in [3.8, 4) is 0 Å². The highest BCUT2D eigenvalue weighted by Gasteiger charge is 2.17. The van der Waals surface area contributed by atoms with E-state index in [0.717, 1.165) is 11.1 Å². The predicted octanol–water partition coefficient (Wildman–Crippen LogP) is 6.17. The topological polar surface area (TPSA) is 24.1 Å². The van der Waals surface area contributed by atoms with Crippen LogP contribution in [0.2, 0.25) is 5.02 Å². The Morgan fingerprint density at radius 3 is 2.41 bits per heavy atom. The summed E-state index contributed by atoms with van der Waals surface area (Å²) in [6.07, 6.45) is 0. The number of thiocarbonyl (C=S) groups is 1. The van der Waals surface area contributed by atoms with E-state index in [1.54, 1.807) is 6.07 Å². The second kappa shape index (κ2) is 8.51. The SMILES string of the molecule is Cc1ccc(C(NC(=S)Nc2ccc(F)c(Cl)c2)c2ccccc2)c(C)c1. The molecule has 0 aromatic heterocycles. The Balaban J connectivity index is 1.87. The quantitative estimate of drug-likeness (QED) is 0.514. The molecule has 0 saturated heterocycles. The molecule has 27 heavy (non-hydrogen) atoms. The van der Waals surface area contributed by atoms with Gasteiger partial charge in [-0.3, -0.25) is 0 Å². The Labute approximate surface area is 169 Å². The number of nitrogens with one attached hydrogen (secondary N) is 2. The minimum atomic E-state index is -0.460. The molecular formula is C22H20ClFN2S. The molecular weight excluding hydrogens is 379 g/mol. The molecule has 5 heteroatoms. The van der Waals surface area contributed by atoms with Gasteiger partial charge in [0.1, 0.15) is 5.82 Å². The lowest BCUT2D eigenvalue weighted by Crippen LogP contribution is -2.33. The largest absolute Gasteiger partial charge is 0.352 e. The lowest BCUT2D eigenvalue weighted by Gasteiger charge is -2.24. The summed E-state index contributed by atoms with van der Waals surface area (Å²) in [4.78, 5) is 0. The third kappa shape index (κ3) is 4.85. The fraction of sp³-hybridized carbons (Fsp3) is 0.136. The van der Waals surface area contributed by atoms with Crippen LogP contribution in [0, 0.1) is 19.7 Å². The maximum atomic E-state index is 13.4. The van der Waals surface area contributed by atoms with Crippen LogP contribution in [0.3, 0.4) is 0 Å². The van der Waals surface area contributed by atoms with Crippen molar-refractivity contribution >= 4 is 34.6 Å². The van der Waals surface area contributed by atoms with Gasteiger partial charge in [0.25, 0.3) is 0 Å². The zero-order valence-electron chi connectivity index (χ0n) is 15.1. The lowest BCUT2D eigenvalue weighted by molar-refractivity contribution is 0.628. The average molecular weight is 399 g/mol. The Morgan fingerprint density at radius 2 is 1.74 bits per heavy atom. The molecule has 0 fully saturated rings. The summed E-state index contributed by atoms with van der Waals surface area (Å²) in [6.45, 7) is 4.17. The molecule has 1 atom stereocenters. The summed E-state index contributed by atoms with van der Waals surface area (Å²) >= 11 is 11.4. The van der Waals surface area contributed by atoms with Crippen molar-refractivity contribution in [2.24, 2.45) is 0 Å². The van der Waals surface area contributed by atoms with Crippen LogP contribution in [0.4, 0.5) is 10.1 Å². The van der Waals surface area contributed by atoms with Crippen molar-refractivity contribution in [1.82, 2.24) is 5.32 Å². The molecule has 3 aromatic rings. The van der Waals surface area contributed by atoms with E-state index >= 15 is 0 Å². The molecule has 3 rings (SSSR count). The van der Waals surface area contributed by atoms with Gasteiger partial charge in [-0.1, -0.05) is 65.7 Å². The van der Waals surface area contributed by atoms with E-state index in [-0.39, 0.29) is 11.1 Å². The molecule has 0 aliphatic carbocycles. The smallest absolute Gasteiger partial charge is 0.171 e. The molecule has 2 nitrogen and oxygen atoms in total. The molecule has 0 amide bonds.